The summed E-state index contributed by atoms with van der Waals surface area (Å²) in [5.41, 5.74) is -1.03. The minimum Gasteiger partial charge on any atom is -0.422 e. The normalized spacial score (nSPS) is 13.3. The molecule has 0 amide bonds. The van der Waals surface area contributed by atoms with E-state index in [1.54, 1.807) is 59.7 Å². The van der Waals surface area contributed by atoms with Crippen LogP contribution in [0.4, 0.5) is 0 Å². The van der Waals surface area contributed by atoms with Crippen LogP contribution in [0.2, 0.25) is 0 Å². The number of aliphatic hydroxyl groups is 1. The number of carbonyl (C=O) groups excluding carboxylic acids is 2. The number of rotatable bonds is 5. The Balaban J connectivity index is 0.00000784. The van der Waals surface area contributed by atoms with Crippen molar-refractivity contribution in [3.8, 4) is 11.5 Å². The number of ether oxygens (including phenoxy) is 2. The lowest BCUT2D eigenvalue weighted by molar-refractivity contribution is -0.145. The van der Waals surface area contributed by atoms with Crippen LogP contribution in [0.5, 0.6) is 11.5 Å². The number of carbonyl (C=O) groups is 2. The van der Waals surface area contributed by atoms with Gasteiger partial charge in [-0.05, 0) is 80.0 Å². The number of benzene rings is 1. The SMILES string of the molecule is CC(C)(C)NCC(O)c1ccc(OC(=O)C(C)(C)C)c(OC(=O)C(C)(C)C)c1.Cl. The fraction of sp³-hybridized carbons (Fsp3) is 0.636. The van der Waals surface area contributed by atoms with Crippen molar-refractivity contribution >= 4 is 24.3 Å². The first-order valence-electron chi connectivity index (χ1n) is 9.52. The summed E-state index contributed by atoms with van der Waals surface area (Å²) in [4.78, 5) is 24.6. The van der Waals surface area contributed by atoms with Gasteiger partial charge in [0.15, 0.2) is 11.5 Å². The van der Waals surface area contributed by atoms with E-state index < -0.39 is 28.9 Å². The smallest absolute Gasteiger partial charge is 0.316 e. The molecule has 2 N–H and O–H groups in total. The molecule has 0 aromatic heterocycles. The van der Waals surface area contributed by atoms with Crippen LogP contribution in [0.1, 0.15) is 74.0 Å². The minimum atomic E-state index is -0.807. The van der Waals surface area contributed by atoms with Crippen molar-refractivity contribution in [3.05, 3.63) is 23.8 Å². The molecule has 6 nitrogen and oxygen atoms in total. The maximum absolute atomic E-state index is 12.4. The molecule has 7 heteroatoms. The predicted octanol–water partition coefficient (Wildman–Crippen LogP) is 4.43. The Labute approximate surface area is 180 Å². The van der Waals surface area contributed by atoms with Gasteiger partial charge in [-0.25, -0.2) is 0 Å². The van der Waals surface area contributed by atoms with Crippen molar-refractivity contribution < 1.29 is 24.2 Å². The maximum Gasteiger partial charge on any atom is 0.316 e. The molecule has 0 aliphatic rings. The second-order valence-electron chi connectivity index (χ2n) is 10.1. The largest absolute Gasteiger partial charge is 0.422 e. The molecular weight excluding hydrogens is 394 g/mol. The standard InChI is InChI=1S/C22H35NO5.ClH/c1-20(2,3)18(25)27-16-11-10-14(15(24)13-23-22(7,8)9)12-17(16)28-19(26)21(4,5)6;/h10-12,15,23-24H,13H2,1-9H3;1H. The third-order valence-electron chi connectivity index (χ3n) is 3.81. The molecule has 1 unspecified atom stereocenters. The second kappa shape index (κ2) is 9.92. The summed E-state index contributed by atoms with van der Waals surface area (Å²) in [6, 6.07) is 4.75. The number of β-amino-alcohol motifs (C(OH)–C–C–N with tert-alkyl or cyclic N) is 1. The van der Waals surface area contributed by atoms with Crippen LogP contribution >= 0.6 is 12.4 Å². The molecule has 1 rings (SSSR count). The van der Waals surface area contributed by atoms with Gasteiger partial charge in [0.1, 0.15) is 0 Å². The number of esters is 2. The van der Waals surface area contributed by atoms with Crippen molar-refractivity contribution in [1.29, 1.82) is 0 Å². The molecule has 0 heterocycles. The molecule has 1 atom stereocenters. The van der Waals surface area contributed by atoms with Crippen molar-refractivity contribution in [2.24, 2.45) is 10.8 Å². The van der Waals surface area contributed by atoms with Gasteiger partial charge >= 0.3 is 11.9 Å². The van der Waals surface area contributed by atoms with Crippen LogP contribution in [0.15, 0.2) is 18.2 Å². The van der Waals surface area contributed by atoms with E-state index in [1.807, 2.05) is 20.8 Å². The molecule has 1 aromatic rings. The molecule has 0 saturated carbocycles. The van der Waals surface area contributed by atoms with Crippen LogP contribution < -0.4 is 14.8 Å². The van der Waals surface area contributed by atoms with Crippen LogP contribution in [-0.2, 0) is 9.59 Å². The average molecular weight is 430 g/mol. The van der Waals surface area contributed by atoms with E-state index in [-0.39, 0.29) is 29.4 Å². The van der Waals surface area contributed by atoms with E-state index in [0.717, 1.165) is 0 Å². The Hall–Kier alpha value is -1.63. The molecule has 0 aliphatic carbocycles. The van der Waals surface area contributed by atoms with Gasteiger partial charge in [0.2, 0.25) is 0 Å². The van der Waals surface area contributed by atoms with Crippen LogP contribution in [0.3, 0.4) is 0 Å². The number of hydrogen-bond acceptors (Lipinski definition) is 6. The number of nitrogens with one attached hydrogen (secondary N) is 1. The summed E-state index contributed by atoms with van der Waals surface area (Å²) in [5, 5.41) is 13.7. The van der Waals surface area contributed by atoms with Crippen LogP contribution in [0, 0.1) is 10.8 Å². The zero-order valence-electron chi connectivity index (χ0n) is 19.0. The molecule has 0 fully saturated rings. The van der Waals surface area contributed by atoms with Gasteiger partial charge in [0.05, 0.1) is 16.9 Å². The van der Waals surface area contributed by atoms with E-state index in [9.17, 15) is 14.7 Å². The lowest BCUT2D eigenvalue weighted by atomic mass is 9.97. The highest BCUT2D eigenvalue weighted by Gasteiger charge is 2.28. The molecule has 166 valence electrons. The van der Waals surface area contributed by atoms with Crippen LogP contribution in [0.25, 0.3) is 0 Å². The van der Waals surface area contributed by atoms with Gasteiger partial charge in [-0.1, -0.05) is 6.07 Å². The molecule has 0 bridgehead atoms. The van der Waals surface area contributed by atoms with Gasteiger partial charge in [-0.3, -0.25) is 9.59 Å². The summed E-state index contributed by atoms with van der Waals surface area (Å²) in [7, 11) is 0. The lowest BCUT2D eigenvalue weighted by Crippen LogP contribution is -2.38. The Bertz CT molecular complexity index is 711. The maximum atomic E-state index is 12.4. The highest BCUT2D eigenvalue weighted by molar-refractivity contribution is 5.85. The van der Waals surface area contributed by atoms with Gasteiger partial charge in [0, 0.05) is 12.1 Å². The highest BCUT2D eigenvalue weighted by Crippen LogP contribution is 2.34. The van der Waals surface area contributed by atoms with E-state index in [2.05, 4.69) is 5.32 Å². The quantitative estimate of drug-likeness (QED) is 0.532. The highest BCUT2D eigenvalue weighted by atomic mass is 35.5. The molecule has 29 heavy (non-hydrogen) atoms. The monoisotopic (exact) mass is 429 g/mol. The first-order chi connectivity index (χ1) is 12.5. The van der Waals surface area contributed by atoms with Crippen molar-refractivity contribution in [3.63, 3.8) is 0 Å². The molecule has 0 aliphatic heterocycles. The van der Waals surface area contributed by atoms with Crippen molar-refractivity contribution in [2.45, 2.75) is 74.0 Å². The Morgan fingerprint density at radius 3 is 1.76 bits per heavy atom. The summed E-state index contributed by atoms with van der Waals surface area (Å²) in [5.74, 6) is -0.634. The van der Waals surface area contributed by atoms with Gasteiger partial charge in [-0.15, -0.1) is 12.4 Å². The lowest BCUT2D eigenvalue weighted by Gasteiger charge is -2.24. The van der Waals surface area contributed by atoms with Gasteiger partial charge in [-0.2, -0.15) is 0 Å². The van der Waals surface area contributed by atoms with Crippen molar-refractivity contribution in [1.82, 2.24) is 5.32 Å². The molecule has 0 spiro atoms. The van der Waals surface area contributed by atoms with Gasteiger partial charge in [0.25, 0.3) is 0 Å². The molecule has 1 aromatic carbocycles. The number of halogens is 1. The average Bonchev–Trinajstić information content (AvgIpc) is 2.51. The third kappa shape index (κ3) is 9.15. The summed E-state index contributed by atoms with van der Waals surface area (Å²) in [6.45, 7) is 16.8. The second-order valence-corrected chi connectivity index (χ2v) is 10.1. The van der Waals surface area contributed by atoms with E-state index in [1.165, 1.54) is 0 Å². The Morgan fingerprint density at radius 2 is 1.34 bits per heavy atom. The van der Waals surface area contributed by atoms with E-state index in [0.29, 0.717) is 12.1 Å². The minimum absolute atomic E-state index is 0. The summed E-state index contributed by atoms with van der Waals surface area (Å²) in [6.07, 6.45) is -0.807. The third-order valence-corrected chi connectivity index (χ3v) is 3.81. The van der Waals surface area contributed by atoms with E-state index >= 15 is 0 Å². The van der Waals surface area contributed by atoms with Crippen LogP contribution in [-0.4, -0.2) is 29.1 Å². The molecule has 0 radical (unpaired) electrons. The molecule has 0 saturated heterocycles. The Kier molecular flexibility index (Phi) is 9.36. The first kappa shape index (κ1) is 27.4. The number of aliphatic hydroxyl groups excluding tert-OH is 1. The van der Waals surface area contributed by atoms with Crippen molar-refractivity contribution in [2.75, 3.05) is 6.54 Å². The number of hydrogen-bond donors (Lipinski definition) is 2. The zero-order valence-corrected chi connectivity index (χ0v) is 19.8. The zero-order chi connectivity index (χ0) is 21.9. The molecular formula is C22H36ClNO5. The summed E-state index contributed by atoms with van der Waals surface area (Å²) < 4.78 is 11.0. The first-order valence-corrected chi connectivity index (χ1v) is 9.52. The fourth-order valence-electron chi connectivity index (χ4n) is 1.92. The Morgan fingerprint density at radius 1 is 0.897 bits per heavy atom. The summed E-state index contributed by atoms with van der Waals surface area (Å²) >= 11 is 0. The fourth-order valence-corrected chi connectivity index (χ4v) is 1.92. The van der Waals surface area contributed by atoms with Gasteiger partial charge < -0.3 is 19.9 Å². The van der Waals surface area contributed by atoms with E-state index in [4.69, 9.17) is 9.47 Å². The predicted molar refractivity (Wildman–Crippen MR) is 117 cm³/mol. The topological polar surface area (TPSA) is 84.9 Å².